The van der Waals surface area contributed by atoms with Gasteiger partial charge in [0, 0.05) is 6.04 Å². The molecule has 0 bridgehead atoms. The second-order valence-electron chi connectivity index (χ2n) is 7.27. The van der Waals surface area contributed by atoms with Gasteiger partial charge in [-0.3, -0.25) is 9.59 Å². The van der Waals surface area contributed by atoms with Gasteiger partial charge >= 0.3 is 0 Å². The zero-order valence-corrected chi connectivity index (χ0v) is 14.9. The molecule has 6 heteroatoms. The van der Waals surface area contributed by atoms with Crippen LogP contribution in [-0.4, -0.2) is 41.2 Å². The summed E-state index contributed by atoms with van der Waals surface area (Å²) in [4.78, 5) is 24.6. The van der Waals surface area contributed by atoms with E-state index >= 15 is 0 Å². The van der Waals surface area contributed by atoms with E-state index in [4.69, 9.17) is 5.73 Å². The number of aliphatic hydroxyl groups is 1. The molecule has 2 unspecified atom stereocenters. The van der Waals surface area contributed by atoms with Crippen LogP contribution in [0, 0.1) is 5.92 Å². The Bertz CT molecular complexity index is 573. The molecule has 1 fully saturated rings. The van der Waals surface area contributed by atoms with E-state index in [2.05, 4.69) is 10.6 Å². The number of nitrogens with two attached hydrogens (primary N) is 1. The van der Waals surface area contributed by atoms with E-state index in [9.17, 15) is 14.7 Å². The van der Waals surface area contributed by atoms with E-state index < -0.39 is 24.1 Å². The first-order chi connectivity index (χ1) is 11.9. The van der Waals surface area contributed by atoms with Crippen LogP contribution < -0.4 is 16.4 Å². The third kappa shape index (κ3) is 6.48. The number of rotatable bonds is 9. The molecule has 1 aromatic carbocycles. The Balaban J connectivity index is 2.04. The van der Waals surface area contributed by atoms with Crippen molar-refractivity contribution < 1.29 is 14.7 Å². The molecule has 1 aliphatic carbocycles. The Morgan fingerprint density at radius 2 is 1.84 bits per heavy atom. The zero-order valence-electron chi connectivity index (χ0n) is 14.9. The smallest absolute Gasteiger partial charge is 0.251 e. The minimum absolute atomic E-state index is 0.151. The van der Waals surface area contributed by atoms with E-state index in [1.54, 1.807) is 0 Å². The zero-order chi connectivity index (χ0) is 18.4. The number of benzene rings is 1. The van der Waals surface area contributed by atoms with Gasteiger partial charge in [0.15, 0.2) is 6.10 Å². The van der Waals surface area contributed by atoms with Crippen molar-refractivity contribution >= 4 is 11.8 Å². The first-order valence-corrected chi connectivity index (χ1v) is 8.95. The second kappa shape index (κ2) is 8.97. The number of carbonyl (C=O) groups excluding carboxylic acids is 2. The molecule has 0 spiro atoms. The quantitative estimate of drug-likeness (QED) is 0.528. The van der Waals surface area contributed by atoms with Gasteiger partial charge in [-0.2, -0.15) is 0 Å². The number of aliphatic hydroxyl groups excluding tert-OH is 1. The molecule has 1 aliphatic rings. The van der Waals surface area contributed by atoms with Gasteiger partial charge in [0.2, 0.25) is 5.91 Å². The van der Waals surface area contributed by atoms with Gasteiger partial charge in [-0.25, -0.2) is 0 Å². The van der Waals surface area contributed by atoms with Gasteiger partial charge in [0.25, 0.3) is 5.91 Å². The Morgan fingerprint density at radius 3 is 2.40 bits per heavy atom. The minimum Gasteiger partial charge on any atom is -0.381 e. The summed E-state index contributed by atoms with van der Waals surface area (Å²) in [7, 11) is 0. The summed E-state index contributed by atoms with van der Waals surface area (Å²) in [5, 5.41) is 16.0. The lowest BCUT2D eigenvalue weighted by Crippen LogP contribution is -2.55. The molecule has 2 rings (SSSR count). The molecular weight excluding hydrogens is 318 g/mol. The Kier molecular flexibility index (Phi) is 6.96. The molecular formula is C19H29N3O3. The lowest BCUT2D eigenvalue weighted by atomic mass is 9.98. The summed E-state index contributed by atoms with van der Waals surface area (Å²) in [5.41, 5.74) is 6.87. The van der Waals surface area contributed by atoms with Gasteiger partial charge in [-0.05, 0) is 37.2 Å². The van der Waals surface area contributed by atoms with Crippen LogP contribution >= 0.6 is 0 Å². The Morgan fingerprint density at radius 1 is 1.20 bits per heavy atom. The third-order valence-electron chi connectivity index (χ3n) is 4.26. The Hall–Kier alpha value is -1.92. The molecule has 1 saturated carbocycles. The standard InChI is InChI=1S/C19H29N3O3/c1-12(2)10-15(20)18(24)22-16(11-13-6-4-3-5-7-13)17(23)19(25)21-14-8-9-14/h3-7,12,14-17,23H,8-11,20H2,1-2H3,(H,21,25)(H,22,24)/t15-,16?,17?/m0/s1. The molecule has 0 aliphatic heterocycles. The highest BCUT2D eigenvalue weighted by molar-refractivity contribution is 5.85. The number of hydrogen-bond donors (Lipinski definition) is 4. The van der Waals surface area contributed by atoms with Gasteiger partial charge in [0.05, 0.1) is 12.1 Å². The van der Waals surface area contributed by atoms with Gasteiger partial charge in [0.1, 0.15) is 0 Å². The molecule has 1 aromatic rings. The van der Waals surface area contributed by atoms with E-state index in [0.29, 0.717) is 12.8 Å². The maximum absolute atomic E-state index is 12.4. The molecule has 0 aromatic heterocycles. The summed E-state index contributed by atoms with van der Waals surface area (Å²) in [6.07, 6.45) is 1.48. The van der Waals surface area contributed by atoms with Gasteiger partial charge in [-0.15, -0.1) is 0 Å². The summed E-state index contributed by atoms with van der Waals surface area (Å²) in [6.45, 7) is 3.99. The number of nitrogens with one attached hydrogen (secondary N) is 2. The summed E-state index contributed by atoms with van der Waals surface area (Å²) >= 11 is 0. The SMILES string of the molecule is CC(C)C[C@H](N)C(=O)NC(Cc1ccccc1)C(O)C(=O)NC1CC1. The van der Waals surface area contributed by atoms with Crippen LogP contribution in [0.25, 0.3) is 0 Å². The number of amides is 2. The fourth-order valence-corrected chi connectivity index (χ4v) is 2.71. The maximum Gasteiger partial charge on any atom is 0.251 e. The van der Waals surface area contributed by atoms with Crippen molar-refractivity contribution in [2.75, 3.05) is 0 Å². The average Bonchev–Trinajstić information content (AvgIpc) is 3.37. The second-order valence-corrected chi connectivity index (χ2v) is 7.27. The van der Waals surface area contributed by atoms with Crippen LogP contribution in [0.5, 0.6) is 0 Å². The van der Waals surface area contributed by atoms with Crippen LogP contribution in [0.2, 0.25) is 0 Å². The van der Waals surface area contributed by atoms with Gasteiger partial charge < -0.3 is 21.5 Å². The largest absolute Gasteiger partial charge is 0.381 e. The average molecular weight is 347 g/mol. The van der Waals surface area contributed by atoms with Gasteiger partial charge in [-0.1, -0.05) is 44.2 Å². The van der Waals surface area contributed by atoms with Crippen LogP contribution in [0.1, 0.15) is 38.7 Å². The third-order valence-corrected chi connectivity index (χ3v) is 4.26. The van der Waals surface area contributed by atoms with Crippen molar-refractivity contribution in [3.8, 4) is 0 Å². The minimum atomic E-state index is -1.31. The Labute approximate surface area is 149 Å². The van der Waals surface area contributed by atoms with E-state index in [1.807, 2.05) is 44.2 Å². The topological polar surface area (TPSA) is 104 Å². The normalized spacial score (nSPS) is 17.6. The lowest BCUT2D eigenvalue weighted by Gasteiger charge is -2.25. The summed E-state index contributed by atoms with van der Waals surface area (Å²) in [5.74, 6) is -0.495. The van der Waals surface area contributed by atoms with Crippen LogP contribution in [0.4, 0.5) is 0 Å². The summed E-state index contributed by atoms with van der Waals surface area (Å²) in [6, 6.07) is 8.25. The number of carbonyl (C=O) groups is 2. The summed E-state index contributed by atoms with van der Waals surface area (Å²) < 4.78 is 0. The van der Waals surface area contributed by atoms with Crippen molar-refractivity contribution in [1.82, 2.24) is 10.6 Å². The fraction of sp³-hybridized carbons (Fsp3) is 0.579. The predicted octanol–water partition coefficient (Wildman–Crippen LogP) is 0.727. The van der Waals surface area contributed by atoms with Crippen molar-refractivity contribution in [3.63, 3.8) is 0 Å². The number of hydrogen-bond acceptors (Lipinski definition) is 4. The molecule has 5 N–H and O–H groups in total. The highest BCUT2D eigenvalue weighted by Crippen LogP contribution is 2.19. The molecule has 3 atom stereocenters. The highest BCUT2D eigenvalue weighted by Gasteiger charge is 2.32. The van der Waals surface area contributed by atoms with Crippen LogP contribution in [0.15, 0.2) is 30.3 Å². The fourth-order valence-electron chi connectivity index (χ4n) is 2.71. The predicted molar refractivity (Wildman–Crippen MR) is 96.7 cm³/mol. The van der Waals surface area contributed by atoms with Crippen LogP contribution in [-0.2, 0) is 16.0 Å². The molecule has 138 valence electrons. The van der Waals surface area contributed by atoms with Crippen molar-refractivity contribution in [1.29, 1.82) is 0 Å². The maximum atomic E-state index is 12.4. The monoisotopic (exact) mass is 347 g/mol. The molecule has 6 nitrogen and oxygen atoms in total. The molecule has 25 heavy (non-hydrogen) atoms. The van der Waals surface area contributed by atoms with E-state index in [-0.39, 0.29) is 17.9 Å². The first kappa shape index (κ1) is 19.4. The van der Waals surface area contributed by atoms with Crippen molar-refractivity contribution in [3.05, 3.63) is 35.9 Å². The highest BCUT2D eigenvalue weighted by atomic mass is 16.3. The van der Waals surface area contributed by atoms with Crippen molar-refractivity contribution in [2.45, 2.75) is 63.8 Å². The lowest BCUT2D eigenvalue weighted by molar-refractivity contribution is -0.132. The molecule has 0 heterocycles. The molecule has 0 radical (unpaired) electrons. The molecule has 2 amide bonds. The molecule has 0 saturated heterocycles. The van der Waals surface area contributed by atoms with Crippen molar-refractivity contribution in [2.24, 2.45) is 11.7 Å². The van der Waals surface area contributed by atoms with Crippen LogP contribution in [0.3, 0.4) is 0 Å². The first-order valence-electron chi connectivity index (χ1n) is 8.95. The van der Waals surface area contributed by atoms with E-state index in [1.165, 1.54) is 0 Å². The van der Waals surface area contributed by atoms with E-state index in [0.717, 1.165) is 18.4 Å².